The van der Waals surface area contributed by atoms with E-state index in [-0.39, 0.29) is 23.7 Å². The fourth-order valence-electron chi connectivity index (χ4n) is 2.07. The monoisotopic (exact) mass is 311 g/mol. The molecule has 0 saturated heterocycles. The van der Waals surface area contributed by atoms with Crippen LogP contribution in [0.1, 0.15) is 15.4 Å². The first kappa shape index (κ1) is 14.3. The summed E-state index contributed by atoms with van der Waals surface area (Å²) in [7, 11) is 0. The molecule has 0 bridgehead atoms. The number of carbonyl (C=O) groups excluding carboxylic acids is 1. The molecule has 3 rings (SSSR count). The van der Waals surface area contributed by atoms with Gasteiger partial charge in [-0.05, 0) is 18.2 Å². The van der Waals surface area contributed by atoms with Gasteiger partial charge in [-0.15, -0.1) is 11.3 Å². The molecular weight excluding hydrogens is 298 g/mol. The fraction of sp³-hybridized carbons (Fsp3) is 0.0588. The number of aromatic nitrogens is 1. The number of hydrogen-bond donors (Lipinski definition) is 2. The third kappa shape index (κ3) is 2.99. The summed E-state index contributed by atoms with van der Waals surface area (Å²) < 4.78 is 0. The number of rotatable bonds is 4. The van der Waals surface area contributed by atoms with E-state index in [0.717, 1.165) is 5.01 Å². The second-order valence-electron chi connectivity index (χ2n) is 4.80. The predicted octanol–water partition coefficient (Wildman–Crippen LogP) is 3.65. The van der Waals surface area contributed by atoms with E-state index in [1.165, 1.54) is 23.5 Å². The summed E-state index contributed by atoms with van der Waals surface area (Å²) >= 11 is 1.40. The van der Waals surface area contributed by atoms with Crippen LogP contribution in [0.3, 0.4) is 0 Å². The molecule has 2 aromatic carbocycles. The number of phenols is 2. The van der Waals surface area contributed by atoms with Crippen LogP contribution in [0.25, 0.3) is 11.3 Å². The maximum absolute atomic E-state index is 12.2. The van der Waals surface area contributed by atoms with Crippen molar-refractivity contribution in [1.29, 1.82) is 0 Å². The van der Waals surface area contributed by atoms with E-state index in [9.17, 15) is 15.0 Å². The van der Waals surface area contributed by atoms with E-state index < -0.39 is 0 Å². The van der Waals surface area contributed by atoms with Crippen molar-refractivity contribution >= 4 is 17.1 Å². The van der Waals surface area contributed by atoms with Crippen molar-refractivity contribution in [2.75, 3.05) is 0 Å². The Balaban J connectivity index is 1.79. The molecule has 5 heteroatoms. The van der Waals surface area contributed by atoms with E-state index in [1.54, 1.807) is 18.2 Å². The van der Waals surface area contributed by atoms with Crippen molar-refractivity contribution in [1.82, 2.24) is 4.98 Å². The molecule has 2 N–H and O–H groups in total. The van der Waals surface area contributed by atoms with E-state index in [2.05, 4.69) is 4.98 Å². The average molecular weight is 311 g/mol. The minimum Gasteiger partial charge on any atom is -0.504 e. The molecule has 0 spiro atoms. The number of carbonyl (C=O) groups is 1. The Kier molecular flexibility index (Phi) is 3.89. The minimum atomic E-state index is -0.188. The average Bonchev–Trinajstić information content (AvgIpc) is 2.99. The van der Waals surface area contributed by atoms with Gasteiger partial charge in [-0.1, -0.05) is 30.3 Å². The highest BCUT2D eigenvalue weighted by atomic mass is 32.1. The first-order valence-corrected chi connectivity index (χ1v) is 7.56. The van der Waals surface area contributed by atoms with Gasteiger partial charge in [-0.2, -0.15) is 0 Å². The van der Waals surface area contributed by atoms with Crippen molar-refractivity contribution in [3.05, 3.63) is 64.5 Å². The summed E-state index contributed by atoms with van der Waals surface area (Å²) in [6, 6.07) is 13.7. The van der Waals surface area contributed by atoms with Crippen LogP contribution in [0.2, 0.25) is 0 Å². The number of thiazole rings is 1. The highest BCUT2D eigenvalue weighted by molar-refractivity contribution is 7.10. The Morgan fingerprint density at radius 2 is 1.82 bits per heavy atom. The van der Waals surface area contributed by atoms with E-state index in [4.69, 9.17) is 0 Å². The summed E-state index contributed by atoms with van der Waals surface area (Å²) in [6.07, 6.45) is 0.249. The molecule has 0 aliphatic rings. The van der Waals surface area contributed by atoms with Crippen LogP contribution in [0.4, 0.5) is 0 Å². The third-order valence-electron chi connectivity index (χ3n) is 3.23. The van der Waals surface area contributed by atoms with Gasteiger partial charge in [0.2, 0.25) is 0 Å². The summed E-state index contributed by atoms with van der Waals surface area (Å²) in [5.74, 6) is -0.332. The van der Waals surface area contributed by atoms with Gasteiger partial charge in [0.1, 0.15) is 5.01 Å². The normalized spacial score (nSPS) is 10.5. The van der Waals surface area contributed by atoms with Crippen LogP contribution >= 0.6 is 11.3 Å². The lowest BCUT2D eigenvalue weighted by Gasteiger charge is -2.00. The molecule has 110 valence electrons. The summed E-state index contributed by atoms with van der Waals surface area (Å²) in [6.45, 7) is 0. The van der Waals surface area contributed by atoms with Crippen LogP contribution < -0.4 is 0 Å². The highest BCUT2D eigenvalue weighted by Crippen LogP contribution is 2.31. The number of aromatic hydroxyl groups is 2. The second-order valence-corrected chi connectivity index (χ2v) is 5.74. The molecule has 0 aliphatic carbocycles. The minimum absolute atomic E-state index is 0.0232. The number of hydrogen-bond acceptors (Lipinski definition) is 5. The van der Waals surface area contributed by atoms with E-state index in [0.29, 0.717) is 16.8 Å². The van der Waals surface area contributed by atoms with Crippen LogP contribution in [-0.2, 0) is 6.42 Å². The van der Waals surface area contributed by atoms with Crippen molar-refractivity contribution < 1.29 is 15.0 Å². The van der Waals surface area contributed by atoms with E-state index in [1.807, 2.05) is 23.6 Å². The number of ketones is 1. The Labute approximate surface area is 131 Å². The van der Waals surface area contributed by atoms with Gasteiger partial charge < -0.3 is 10.2 Å². The molecular formula is C17H13NO3S. The zero-order valence-corrected chi connectivity index (χ0v) is 12.4. The number of phenolic OH excluding ortho intramolecular Hbond substituents is 2. The van der Waals surface area contributed by atoms with Crippen molar-refractivity contribution in [3.8, 4) is 22.8 Å². The molecule has 0 aliphatic heterocycles. The molecule has 0 saturated carbocycles. The summed E-state index contributed by atoms with van der Waals surface area (Å²) in [4.78, 5) is 16.6. The lowest BCUT2D eigenvalue weighted by molar-refractivity contribution is 0.0993. The van der Waals surface area contributed by atoms with Crippen molar-refractivity contribution in [2.24, 2.45) is 0 Å². The third-order valence-corrected chi connectivity index (χ3v) is 4.08. The van der Waals surface area contributed by atoms with Gasteiger partial charge in [0.25, 0.3) is 0 Å². The van der Waals surface area contributed by atoms with Crippen LogP contribution in [0, 0.1) is 0 Å². The molecule has 1 aromatic heterocycles. The predicted molar refractivity (Wildman–Crippen MR) is 85.4 cm³/mol. The fourth-order valence-corrected chi connectivity index (χ4v) is 2.87. The quantitative estimate of drug-likeness (QED) is 0.570. The molecule has 0 radical (unpaired) electrons. The molecule has 0 fully saturated rings. The van der Waals surface area contributed by atoms with Crippen LogP contribution in [0.5, 0.6) is 11.5 Å². The van der Waals surface area contributed by atoms with Gasteiger partial charge in [0.05, 0.1) is 12.1 Å². The SMILES string of the molecule is O=C(Cc1nc(-c2ccc(O)c(O)c2)cs1)c1ccccc1. The molecule has 0 unspecified atom stereocenters. The van der Waals surface area contributed by atoms with Crippen LogP contribution in [0.15, 0.2) is 53.9 Å². The second kappa shape index (κ2) is 5.99. The van der Waals surface area contributed by atoms with Gasteiger partial charge in [0.15, 0.2) is 17.3 Å². The Morgan fingerprint density at radius 3 is 2.55 bits per heavy atom. The zero-order valence-electron chi connectivity index (χ0n) is 11.6. The smallest absolute Gasteiger partial charge is 0.169 e. The first-order valence-electron chi connectivity index (χ1n) is 6.68. The first-order chi connectivity index (χ1) is 10.6. The Hall–Kier alpha value is -2.66. The zero-order chi connectivity index (χ0) is 15.5. The molecule has 0 amide bonds. The standard InChI is InChI=1S/C17H13NO3S/c19-14-7-6-12(8-16(14)21)13-10-22-17(18-13)9-15(20)11-4-2-1-3-5-11/h1-8,10,19,21H,9H2. The van der Waals surface area contributed by atoms with Gasteiger partial charge >= 0.3 is 0 Å². The van der Waals surface area contributed by atoms with Crippen molar-refractivity contribution in [3.63, 3.8) is 0 Å². The van der Waals surface area contributed by atoms with Crippen LogP contribution in [-0.4, -0.2) is 21.0 Å². The largest absolute Gasteiger partial charge is 0.504 e. The van der Waals surface area contributed by atoms with Gasteiger partial charge in [-0.25, -0.2) is 4.98 Å². The molecule has 4 nitrogen and oxygen atoms in total. The summed E-state index contributed by atoms with van der Waals surface area (Å²) in [5.41, 5.74) is 2.04. The highest BCUT2D eigenvalue weighted by Gasteiger charge is 2.11. The van der Waals surface area contributed by atoms with Crippen molar-refractivity contribution in [2.45, 2.75) is 6.42 Å². The number of nitrogens with zero attached hydrogens (tertiary/aromatic N) is 1. The lowest BCUT2D eigenvalue weighted by atomic mass is 10.1. The van der Waals surface area contributed by atoms with Gasteiger partial charge in [0, 0.05) is 16.5 Å². The summed E-state index contributed by atoms with van der Waals surface area (Å²) in [5, 5.41) is 21.4. The molecule has 22 heavy (non-hydrogen) atoms. The molecule has 1 heterocycles. The number of Topliss-reactive ketones (excluding diaryl/α,β-unsaturated/α-hetero) is 1. The maximum atomic E-state index is 12.2. The Bertz CT molecular complexity index is 812. The van der Waals surface area contributed by atoms with E-state index >= 15 is 0 Å². The Morgan fingerprint density at radius 1 is 1.05 bits per heavy atom. The molecule has 0 atom stereocenters. The lowest BCUT2D eigenvalue weighted by Crippen LogP contribution is -2.02. The maximum Gasteiger partial charge on any atom is 0.169 e. The topological polar surface area (TPSA) is 70.4 Å². The molecule has 3 aromatic rings. The number of benzene rings is 2. The van der Waals surface area contributed by atoms with Gasteiger partial charge in [-0.3, -0.25) is 4.79 Å².